The van der Waals surface area contributed by atoms with Gasteiger partial charge in [0.1, 0.15) is 0 Å². The van der Waals surface area contributed by atoms with Crippen LogP contribution in [-0.4, -0.2) is 54.7 Å². The Balaban J connectivity index is 1.67. The molecule has 24 heavy (non-hydrogen) atoms. The van der Waals surface area contributed by atoms with Crippen molar-refractivity contribution in [1.82, 2.24) is 14.3 Å². The first-order valence-corrected chi connectivity index (χ1v) is 9.74. The number of fused-ring (bicyclic) bond motifs is 1. The highest BCUT2D eigenvalue weighted by Gasteiger charge is 2.39. The predicted molar refractivity (Wildman–Crippen MR) is 93.3 cm³/mol. The van der Waals surface area contributed by atoms with Gasteiger partial charge in [0.15, 0.2) is 0 Å². The molecular weight excluding hydrogens is 326 g/mol. The predicted octanol–water partition coefficient (Wildman–Crippen LogP) is 2.03. The highest BCUT2D eigenvalue weighted by molar-refractivity contribution is 7.89. The summed E-state index contributed by atoms with van der Waals surface area (Å²) in [5.41, 5.74) is 2.55. The second-order valence-electron chi connectivity index (χ2n) is 6.59. The van der Waals surface area contributed by atoms with Crippen molar-refractivity contribution >= 4 is 21.1 Å². The van der Waals surface area contributed by atoms with Crippen LogP contribution in [0.5, 0.6) is 0 Å². The van der Waals surface area contributed by atoms with E-state index in [9.17, 15) is 8.42 Å². The van der Waals surface area contributed by atoms with Crippen LogP contribution in [0.25, 0.3) is 11.0 Å². The van der Waals surface area contributed by atoms with Gasteiger partial charge in [-0.25, -0.2) is 17.7 Å². The molecule has 1 fully saturated rings. The number of para-hydroxylation sites is 2. The van der Waals surface area contributed by atoms with Gasteiger partial charge in [-0.3, -0.25) is 4.98 Å². The molecule has 1 aromatic heterocycles. The molecule has 1 saturated heterocycles. The summed E-state index contributed by atoms with van der Waals surface area (Å²) >= 11 is 0. The second kappa shape index (κ2) is 6.74. The normalized spacial score (nSPS) is 18.0. The van der Waals surface area contributed by atoms with E-state index in [1.807, 2.05) is 38.1 Å². The lowest BCUT2D eigenvalue weighted by Gasteiger charge is -2.38. The summed E-state index contributed by atoms with van der Waals surface area (Å²) in [6.45, 7) is 4.86. The van der Waals surface area contributed by atoms with Crippen molar-refractivity contribution in [3.63, 3.8) is 0 Å². The summed E-state index contributed by atoms with van der Waals surface area (Å²) in [5.74, 6) is 0.294. The molecule has 2 aromatic rings. The van der Waals surface area contributed by atoms with Gasteiger partial charge in [-0.1, -0.05) is 26.0 Å². The molecule has 3 rings (SSSR count). The van der Waals surface area contributed by atoms with Crippen LogP contribution < -0.4 is 0 Å². The molecule has 0 bridgehead atoms. The fourth-order valence-corrected chi connectivity index (χ4v) is 4.83. The zero-order valence-electron chi connectivity index (χ0n) is 14.2. The molecule has 1 unspecified atom stereocenters. The number of hydrogen-bond acceptors (Lipinski definition) is 5. The van der Waals surface area contributed by atoms with Crippen molar-refractivity contribution in [1.29, 1.82) is 0 Å². The van der Waals surface area contributed by atoms with Gasteiger partial charge in [0.05, 0.1) is 28.6 Å². The first-order chi connectivity index (χ1) is 11.4. The summed E-state index contributed by atoms with van der Waals surface area (Å²) in [6, 6.07) is 7.69. The molecule has 0 saturated carbocycles. The summed E-state index contributed by atoms with van der Waals surface area (Å²) in [7, 11) is -1.74. The number of rotatable bonds is 6. The fraction of sp³-hybridized carbons (Fsp3) is 0.529. The molecule has 1 aliphatic heterocycles. The van der Waals surface area contributed by atoms with Crippen molar-refractivity contribution in [3.05, 3.63) is 36.2 Å². The van der Waals surface area contributed by atoms with Crippen LogP contribution in [-0.2, 0) is 14.8 Å². The van der Waals surface area contributed by atoms with Gasteiger partial charge in [0, 0.05) is 32.3 Å². The summed E-state index contributed by atoms with van der Waals surface area (Å²) < 4.78 is 31.8. The topological polar surface area (TPSA) is 72.4 Å². The van der Waals surface area contributed by atoms with Crippen molar-refractivity contribution in [2.24, 2.45) is 5.92 Å². The molecule has 1 atom stereocenters. The first kappa shape index (κ1) is 17.3. The highest BCUT2D eigenvalue weighted by atomic mass is 32.2. The first-order valence-electron chi connectivity index (χ1n) is 8.13. The van der Waals surface area contributed by atoms with Crippen molar-refractivity contribution in [2.45, 2.75) is 25.9 Å². The Morgan fingerprint density at radius 3 is 2.54 bits per heavy atom. The standard InChI is InChI=1S/C17H23N3O3S/c1-12(2)17(23-3)11-24(21,22)20-9-13(10-20)16-8-18-14-6-4-5-7-15(14)19-16/h4-8,12-13,17H,9-11H2,1-3H3. The number of nitrogens with zero attached hydrogens (tertiary/aromatic N) is 3. The zero-order chi connectivity index (χ0) is 17.3. The number of sulfonamides is 1. The van der Waals surface area contributed by atoms with Crippen LogP contribution in [0.4, 0.5) is 0 Å². The van der Waals surface area contributed by atoms with Crippen LogP contribution >= 0.6 is 0 Å². The lowest BCUT2D eigenvalue weighted by atomic mass is 10.00. The molecular formula is C17H23N3O3S. The third-order valence-corrected chi connectivity index (χ3v) is 6.38. The number of methoxy groups -OCH3 is 1. The highest BCUT2D eigenvalue weighted by Crippen LogP contribution is 2.29. The van der Waals surface area contributed by atoms with E-state index in [2.05, 4.69) is 9.97 Å². The minimum Gasteiger partial charge on any atom is -0.380 e. The molecule has 1 aromatic carbocycles. The molecule has 130 valence electrons. The minimum atomic E-state index is -3.30. The Hall–Kier alpha value is -1.57. The Kier molecular flexibility index (Phi) is 4.85. The average Bonchev–Trinajstić information content (AvgIpc) is 2.50. The Morgan fingerprint density at radius 1 is 1.25 bits per heavy atom. The Bertz CT molecular complexity index is 817. The van der Waals surface area contributed by atoms with Crippen LogP contribution in [0, 0.1) is 5.92 Å². The number of benzene rings is 1. The molecule has 0 radical (unpaired) electrons. The van der Waals surface area contributed by atoms with Crippen molar-refractivity contribution < 1.29 is 13.2 Å². The van der Waals surface area contributed by atoms with E-state index in [1.54, 1.807) is 13.3 Å². The quantitative estimate of drug-likeness (QED) is 0.798. The average molecular weight is 349 g/mol. The Labute approximate surface area is 142 Å². The largest absolute Gasteiger partial charge is 0.380 e. The lowest BCUT2D eigenvalue weighted by molar-refractivity contribution is 0.0810. The smallest absolute Gasteiger partial charge is 0.216 e. The SMILES string of the molecule is COC(CS(=O)(=O)N1CC(c2cnc3ccccc3n2)C1)C(C)C. The summed E-state index contributed by atoms with van der Waals surface area (Å²) in [4.78, 5) is 9.02. The second-order valence-corrected chi connectivity index (χ2v) is 8.61. The van der Waals surface area contributed by atoms with Crippen LogP contribution in [0.2, 0.25) is 0 Å². The van der Waals surface area contributed by atoms with Gasteiger partial charge >= 0.3 is 0 Å². The van der Waals surface area contributed by atoms with Crippen LogP contribution in [0.3, 0.4) is 0 Å². The molecule has 0 aliphatic carbocycles. The minimum absolute atomic E-state index is 0.0251. The number of ether oxygens (including phenoxy) is 1. The van der Waals surface area contributed by atoms with E-state index >= 15 is 0 Å². The molecule has 0 amide bonds. The van der Waals surface area contributed by atoms with E-state index < -0.39 is 10.0 Å². The maximum absolute atomic E-state index is 12.5. The maximum Gasteiger partial charge on any atom is 0.216 e. The van der Waals surface area contributed by atoms with E-state index in [-0.39, 0.29) is 23.7 Å². The van der Waals surface area contributed by atoms with Crippen LogP contribution in [0.15, 0.2) is 30.5 Å². The van der Waals surface area contributed by atoms with Gasteiger partial charge < -0.3 is 4.74 Å². The molecule has 2 heterocycles. The molecule has 0 spiro atoms. The van der Waals surface area contributed by atoms with E-state index in [1.165, 1.54) is 4.31 Å². The third-order valence-electron chi connectivity index (χ3n) is 4.55. The van der Waals surface area contributed by atoms with Crippen molar-refractivity contribution in [3.8, 4) is 0 Å². The third kappa shape index (κ3) is 3.43. The number of aromatic nitrogens is 2. The van der Waals surface area contributed by atoms with Gasteiger partial charge in [0.2, 0.25) is 10.0 Å². The lowest BCUT2D eigenvalue weighted by Crippen LogP contribution is -2.51. The van der Waals surface area contributed by atoms with E-state index in [4.69, 9.17) is 4.74 Å². The summed E-state index contributed by atoms with van der Waals surface area (Å²) in [6.07, 6.45) is 1.47. The van der Waals surface area contributed by atoms with E-state index in [0.717, 1.165) is 16.7 Å². The van der Waals surface area contributed by atoms with Gasteiger partial charge in [-0.05, 0) is 18.1 Å². The molecule has 0 N–H and O–H groups in total. The van der Waals surface area contributed by atoms with Gasteiger partial charge in [0.25, 0.3) is 0 Å². The number of hydrogen-bond donors (Lipinski definition) is 0. The van der Waals surface area contributed by atoms with Gasteiger partial charge in [-0.2, -0.15) is 0 Å². The molecule has 6 nitrogen and oxygen atoms in total. The van der Waals surface area contributed by atoms with Gasteiger partial charge in [-0.15, -0.1) is 0 Å². The van der Waals surface area contributed by atoms with Crippen molar-refractivity contribution in [2.75, 3.05) is 26.0 Å². The Morgan fingerprint density at radius 2 is 1.92 bits per heavy atom. The summed E-state index contributed by atoms with van der Waals surface area (Å²) in [5, 5.41) is 0. The monoisotopic (exact) mass is 349 g/mol. The van der Waals surface area contributed by atoms with Crippen LogP contribution in [0.1, 0.15) is 25.5 Å². The molecule has 1 aliphatic rings. The molecule has 7 heteroatoms. The fourth-order valence-electron chi connectivity index (χ4n) is 2.87. The van der Waals surface area contributed by atoms with E-state index in [0.29, 0.717) is 13.1 Å². The maximum atomic E-state index is 12.5. The zero-order valence-corrected chi connectivity index (χ0v) is 15.0.